The summed E-state index contributed by atoms with van der Waals surface area (Å²) in [6, 6.07) is 67.3. The maximum absolute atomic E-state index is 5.55. The fourth-order valence-corrected chi connectivity index (χ4v) is 9.05. The summed E-state index contributed by atoms with van der Waals surface area (Å²) in [5.74, 6) is 1.67. The Morgan fingerprint density at radius 2 is 0.774 bits per heavy atom. The number of fused-ring (bicyclic) bond motifs is 6. The Balaban J connectivity index is 1.21. The smallest absolute Gasteiger partial charge is 0.166 e. The summed E-state index contributed by atoms with van der Waals surface area (Å²) in [7, 11) is 0. The molecule has 0 N–H and O–H groups in total. The number of benzene rings is 7. The Morgan fingerprint density at radius 1 is 0.306 bits per heavy atom. The molecular formula is C55H35N7. The second-order valence-electron chi connectivity index (χ2n) is 15.3. The van der Waals surface area contributed by atoms with Gasteiger partial charge in [-0.3, -0.25) is 9.55 Å². The number of pyridine rings is 2. The van der Waals surface area contributed by atoms with E-state index in [4.69, 9.17) is 19.9 Å². The third kappa shape index (κ3) is 5.71. The zero-order valence-electron chi connectivity index (χ0n) is 33.3. The van der Waals surface area contributed by atoms with E-state index in [-0.39, 0.29) is 0 Å². The molecule has 5 aromatic heterocycles. The predicted molar refractivity (Wildman–Crippen MR) is 251 cm³/mol. The molecule has 12 aromatic rings. The fourth-order valence-electron chi connectivity index (χ4n) is 9.05. The van der Waals surface area contributed by atoms with Crippen LogP contribution in [0, 0.1) is 0 Å². The summed E-state index contributed by atoms with van der Waals surface area (Å²) < 4.78 is 4.60. The SMILES string of the molecule is c1ccc(-c2nc(-c3cccc(-c4ccccc4)c3-n3c4ccccc4c4ccncc43)nc(-c3cccc(-c4ccccc4)c3-n3c4ccccc4c4cccnc43)n2)cc1. The number of hydrogen-bond acceptors (Lipinski definition) is 5. The second-order valence-corrected chi connectivity index (χ2v) is 15.3. The van der Waals surface area contributed by atoms with E-state index >= 15 is 0 Å². The lowest BCUT2D eigenvalue weighted by Crippen LogP contribution is -2.07. The second kappa shape index (κ2) is 14.6. The summed E-state index contributed by atoms with van der Waals surface area (Å²) in [6.07, 6.45) is 5.68. The van der Waals surface area contributed by atoms with Crippen LogP contribution in [0.3, 0.4) is 0 Å². The van der Waals surface area contributed by atoms with Crippen LogP contribution < -0.4 is 0 Å². The van der Waals surface area contributed by atoms with Gasteiger partial charge < -0.3 is 4.57 Å². The maximum Gasteiger partial charge on any atom is 0.166 e. The van der Waals surface area contributed by atoms with Gasteiger partial charge in [0.1, 0.15) is 5.65 Å². The molecule has 0 fully saturated rings. The summed E-state index contributed by atoms with van der Waals surface area (Å²) in [5.41, 5.74) is 12.7. The van der Waals surface area contributed by atoms with Crippen molar-refractivity contribution in [1.29, 1.82) is 0 Å². The quantitative estimate of drug-likeness (QED) is 0.161. The molecule has 290 valence electrons. The molecule has 0 aliphatic heterocycles. The van der Waals surface area contributed by atoms with Crippen LogP contribution in [0.1, 0.15) is 0 Å². The van der Waals surface area contributed by atoms with Crippen molar-refractivity contribution in [2.45, 2.75) is 0 Å². The van der Waals surface area contributed by atoms with Gasteiger partial charge in [0, 0.05) is 61.8 Å². The molecule has 0 saturated carbocycles. The van der Waals surface area contributed by atoms with Crippen molar-refractivity contribution >= 4 is 43.7 Å². The molecule has 0 atom stereocenters. The van der Waals surface area contributed by atoms with E-state index < -0.39 is 0 Å². The molecule has 7 aromatic carbocycles. The van der Waals surface area contributed by atoms with Gasteiger partial charge in [0.05, 0.1) is 34.1 Å². The van der Waals surface area contributed by atoms with Gasteiger partial charge in [0.15, 0.2) is 17.5 Å². The Labute approximate surface area is 356 Å². The molecule has 0 aliphatic rings. The van der Waals surface area contributed by atoms with Crippen LogP contribution in [-0.4, -0.2) is 34.1 Å². The summed E-state index contributed by atoms with van der Waals surface area (Å²) in [5, 5.41) is 4.45. The molecule has 12 rings (SSSR count). The van der Waals surface area contributed by atoms with Gasteiger partial charge in [-0.25, -0.2) is 19.9 Å². The highest BCUT2D eigenvalue weighted by Gasteiger charge is 2.25. The van der Waals surface area contributed by atoms with Crippen LogP contribution in [-0.2, 0) is 0 Å². The van der Waals surface area contributed by atoms with Crippen molar-refractivity contribution in [1.82, 2.24) is 34.1 Å². The van der Waals surface area contributed by atoms with Crippen molar-refractivity contribution in [3.05, 3.63) is 213 Å². The Hall–Kier alpha value is -8.55. The van der Waals surface area contributed by atoms with E-state index in [0.29, 0.717) is 17.5 Å². The van der Waals surface area contributed by atoms with Gasteiger partial charge in [-0.15, -0.1) is 0 Å². The minimum Gasteiger partial charge on any atom is -0.306 e. The number of para-hydroxylation sites is 4. The van der Waals surface area contributed by atoms with Crippen molar-refractivity contribution < 1.29 is 0 Å². The van der Waals surface area contributed by atoms with E-state index in [2.05, 4.69) is 178 Å². The fraction of sp³-hybridized carbons (Fsp3) is 0. The molecular weight excluding hydrogens is 759 g/mol. The van der Waals surface area contributed by atoms with Crippen LogP contribution in [0.4, 0.5) is 0 Å². The molecule has 5 heterocycles. The summed E-state index contributed by atoms with van der Waals surface area (Å²) >= 11 is 0. The van der Waals surface area contributed by atoms with E-state index in [1.165, 1.54) is 0 Å². The van der Waals surface area contributed by atoms with E-state index in [1.54, 1.807) is 0 Å². The molecule has 7 nitrogen and oxygen atoms in total. The number of nitrogens with zero attached hydrogens (tertiary/aromatic N) is 7. The van der Waals surface area contributed by atoms with Crippen molar-refractivity contribution in [3.8, 4) is 67.8 Å². The molecule has 0 radical (unpaired) electrons. The maximum atomic E-state index is 5.55. The van der Waals surface area contributed by atoms with Gasteiger partial charge in [0.25, 0.3) is 0 Å². The normalized spacial score (nSPS) is 11.5. The highest BCUT2D eigenvalue weighted by atomic mass is 15.1. The molecule has 62 heavy (non-hydrogen) atoms. The Kier molecular flexibility index (Phi) is 8.35. The largest absolute Gasteiger partial charge is 0.306 e. The van der Waals surface area contributed by atoms with Gasteiger partial charge in [-0.1, -0.05) is 152 Å². The lowest BCUT2D eigenvalue weighted by molar-refractivity contribution is 1.05. The predicted octanol–water partition coefficient (Wildman–Crippen LogP) is 13.2. The third-order valence-electron chi connectivity index (χ3n) is 11.7. The molecule has 0 saturated heterocycles. The lowest BCUT2D eigenvalue weighted by Gasteiger charge is -2.20. The first-order valence-electron chi connectivity index (χ1n) is 20.7. The molecule has 0 amide bonds. The van der Waals surface area contributed by atoms with Crippen LogP contribution in [0.15, 0.2) is 213 Å². The Morgan fingerprint density at radius 3 is 1.40 bits per heavy atom. The van der Waals surface area contributed by atoms with Crippen molar-refractivity contribution in [2.24, 2.45) is 0 Å². The average molecular weight is 794 g/mol. The minimum absolute atomic E-state index is 0.545. The van der Waals surface area contributed by atoms with Gasteiger partial charge in [0.2, 0.25) is 0 Å². The minimum atomic E-state index is 0.545. The molecule has 7 heteroatoms. The first kappa shape index (κ1) is 35.4. The van der Waals surface area contributed by atoms with Gasteiger partial charge in [-0.2, -0.15) is 0 Å². The standard InChI is InChI=1S/C55H35N7/c1-4-17-36(18-5-1)39-25-14-27-45(50(39)61-47-30-12-10-23-41(47)43-32-34-56-35-49(43)61)53-58-52(38-21-8-3-9-22-38)59-54(60-53)46-28-15-26-40(37-19-6-2-7-20-37)51(46)62-48-31-13-11-24-42(48)44-29-16-33-57-55(44)62/h1-35H. The van der Waals surface area contributed by atoms with Crippen LogP contribution in [0.25, 0.3) is 112 Å². The third-order valence-corrected chi connectivity index (χ3v) is 11.7. The van der Waals surface area contributed by atoms with E-state index in [0.717, 1.165) is 94.1 Å². The first-order chi connectivity index (χ1) is 30.8. The Bertz CT molecular complexity index is 3310. The number of hydrogen-bond donors (Lipinski definition) is 0. The molecule has 0 bridgehead atoms. The zero-order chi connectivity index (χ0) is 41.0. The van der Waals surface area contributed by atoms with Crippen molar-refractivity contribution in [2.75, 3.05) is 0 Å². The van der Waals surface area contributed by atoms with Crippen LogP contribution in [0.5, 0.6) is 0 Å². The van der Waals surface area contributed by atoms with Gasteiger partial charge >= 0.3 is 0 Å². The number of rotatable bonds is 7. The average Bonchev–Trinajstić information content (AvgIpc) is 3.87. The molecule has 0 unspecified atom stereocenters. The van der Waals surface area contributed by atoms with E-state index in [1.807, 2.05) is 48.9 Å². The monoisotopic (exact) mass is 793 g/mol. The highest BCUT2D eigenvalue weighted by Crippen LogP contribution is 2.43. The van der Waals surface area contributed by atoms with Gasteiger partial charge in [-0.05, 0) is 53.6 Å². The first-order valence-corrected chi connectivity index (χ1v) is 20.7. The van der Waals surface area contributed by atoms with Crippen LogP contribution >= 0.6 is 0 Å². The zero-order valence-corrected chi connectivity index (χ0v) is 33.3. The molecule has 0 spiro atoms. The topological polar surface area (TPSA) is 74.3 Å². The number of aromatic nitrogens is 7. The van der Waals surface area contributed by atoms with Crippen LogP contribution in [0.2, 0.25) is 0 Å². The summed E-state index contributed by atoms with van der Waals surface area (Å²) in [6.45, 7) is 0. The summed E-state index contributed by atoms with van der Waals surface area (Å²) in [4.78, 5) is 26.0. The van der Waals surface area contributed by atoms with Crippen molar-refractivity contribution in [3.63, 3.8) is 0 Å². The molecule has 0 aliphatic carbocycles. The lowest BCUT2D eigenvalue weighted by atomic mass is 9.98. The highest BCUT2D eigenvalue weighted by molar-refractivity contribution is 6.11. The van der Waals surface area contributed by atoms with E-state index in [9.17, 15) is 0 Å².